The number of phenols is 6. The number of rotatable bonds is 15. The molecule has 4 atom stereocenters. The first kappa shape index (κ1) is 37.4. The second-order valence-corrected chi connectivity index (χ2v) is 12.4. The van der Waals surface area contributed by atoms with E-state index in [-0.39, 0.29) is 65.3 Å². The van der Waals surface area contributed by atoms with Crippen LogP contribution in [0.3, 0.4) is 0 Å². The molecule has 0 radical (unpaired) electrons. The van der Waals surface area contributed by atoms with Gasteiger partial charge in [0.2, 0.25) is 18.0 Å². The van der Waals surface area contributed by atoms with Crippen molar-refractivity contribution in [2.45, 2.75) is 51.2 Å². The highest BCUT2D eigenvalue weighted by Gasteiger charge is 2.35. The third-order valence-electron chi connectivity index (χ3n) is 8.58. The SMILES string of the molecule is CC1OC(C(=O)CN(CCCNC(=O)c2cccc(O)c2O)CCCNC(=O)C2N=C(c3cccc(O)c3O)OC2C)N=C1c1cccc(O)c1O. The van der Waals surface area contributed by atoms with E-state index < -0.39 is 53.5 Å². The maximum atomic E-state index is 13.4. The molecule has 8 N–H and O–H groups in total. The van der Waals surface area contributed by atoms with Gasteiger partial charge in [0.25, 0.3) is 5.91 Å². The summed E-state index contributed by atoms with van der Waals surface area (Å²) >= 11 is 0. The van der Waals surface area contributed by atoms with Gasteiger partial charge in [0.15, 0.2) is 46.3 Å². The van der Waals surface area contributed by atoms with Gasteiger partial charge in [-0.15, -0.1) is 0 Å². The number of benzene rings is 3. The predicted molar refractivity (Wildman–Crippen MR) is 187 cm³/mol. The number of aromatic hydroxyl groups is 6. The standard InChI is InChI=1S/C36H41N5O11/c1-19-28(21-8-3-11-24(42)30(21)46)39-36(52-19)27(45)18-41(16-6-14-37-33(49)22-9-4-12-25(43)31(22)47)17-7-15-38-34(50)29-20(2)51-35(40-29)23-10-5-13-26(44)32(23)48/h3-5,8-13,19-20,29,36,42-44,46-48H,6-7,14-18H2,1-2H3,(H,37,49)(H,38,50). The largest absolute Gasteiger partial charge is 0.504 e. The summed E-state index contributed by atoms with van der Waals surface area (Å²) < 4.78 is 11.5. The Labute approximate surface area is 298 Å². The van der Waals surface area contributed by atoms with E-state index >= 15 is 0 Å². The summed E-state index contributed by atoms with van der Waals surface area (Å²) in [5.41, 5.74) is 0.641. The Kier molecular flexibility index (Phi) is 11.8. The highest BCUT2D eigenvalue weighted by molar-refractivity contribution is 6.08. The molecule has 0 aliphatic carbocycles. The molecule has 52 heavy (non-hydrogen) atoms. The zero-order chi connectivity index (χ0) is 37.5. The Morgan fingerprint density at radius 3 is 2.00 bits per heavy atom. The number of amides is 2. The smallest absolute Gasteiger partial charge is 0.255 e. The predicted octanol–water partition coefficient (Wildman–Crippen LogP) is 1.89. The third kappa shape index (κ3) is 8.52. The number of phenolic OH excluding ortho intramolecular Hbond substituents is 6. The molecule has 0 spiro atoms. The molecule has 3 aromatic rings. The number of hydrogen-bond donors (Lipinski definition) is 8. The van der Waals surface area contributed by atoms with Gasteiger partial charge in [-0.2, -0.15) is 0 Å². The van der Waals surface area contributed by atoms with Crippen LogP contribution in [0.15, 0.2) is 64.6 Å². The van der Waals surface area contributed by atoms with Crippen LogP contribution in [-0.2, 0) is 19.1 Å². The van der Waals surface area contributed by atoms with E-state index in [4.69, 9.17) is 9.47 Å². The van der Waals surface area contributed by atoms with Gasteiger partial charge in [-0.05, 0) is 63.1 Å². The van der Waals surface area contributed by atoms with E-state index in [1.807, 2.05) is 4.90 Å². The summed E-state index contributed by atoms with van der Waals surface area (Å²) in [4.78, 5) is 49.6. The molecule has 2 aliphatic heterocycles. The highest BCUT2D eigenvalue weighted by Crippen LogP contribution is 2.33. The second kappa shape index (κ2) is 16.4. The molecule has 5 rings (SSSR count). The van der Waals surface area contributed by atoms with Crippen LogP contribution in [0.25, 0.3) is 0 Å². The summed E-state index contributed by atoms with van der Waals surface area (Å²) in [6.07, 6.45) is -1.62. The molecule has 0 aromatic heterocycles. The van der Waals surface area contributed by atoms with Crippen molar-refractivity contribution < 1.29 is 54.5 Å². The summed E-state index contributed by atoms with van der Waals surface area (Å²) in [5.74, 6) is -3.72. The molecule has 2 aliphatic rings. The number of carbonyl (C=O) groups excluding carboxylic acids is 3. The van der Waals surface area contributed by atoms with Crippen molar-refractivity contribution in [3.63, 3.8) is 0 Å². The molecule has 16 nitrogen and oxygen atoms in total. The first-order valence-electron chi connectivity index (χ1n) is 16.7. The van der Waals surface area contributed by atoms with Gasteiger partial charge in [0, 0.05) is 31.7 Å². The lowest BCUT2D eigenvalue weighted by atomic mass is 10.0. The Bertz CT molecular complexity index is 1880. The fourth-order valence-corrected chi connectivity index (χ4v) is 5.81. The van der Waals surface area contributed by atoms with Gasteiger partial charge in [0.1, 0.15) is 12.2 Å². The van der Waals surface area contributed by atoms with Crippen LogP contribution in [0.5, 0.6) is 34.5 Å². The summed E-state index contributed by atoms with van der Waals surface area (Å²) in [5, 5.41) is 65.5. The average Bonchev–Trinajstić information content (AvgIpc) is 3.70. The molecule has 2 heterocycles. The number of ketones is 1. The lowest BCUT2D eigenvalue weighted by Crippen LogP contribution is -2.41. The minimum absolute atomic E-state index is 0.0330. The van der Waals surface area contributed by atoms with E-state index in [9.17, 15) is 45.0 Å². The fourth-order valence-electron chi connectivity index (χ4n) is 5.81. The number of nitrogens with zero attached hydrogens (tertiary/aromatic N) is 3. The molecule has 2 amide bonds. The summed E-state index contributed by atoms with van der Waals surface area (Å²) in [6, 6.07) is 11.9. The summed E-state index contributed by atoms with van der Waals surface area (Å²) in [6.45, 7) is 4.34. The number of ether oxygens (including phenoxy) is 2. The van der Waals surface area contributed by atoms with E-state index in [1.165, 1.54) is 42.5 Å². The molecule has 0 saturated heterocycles. The lowest BCUT2D eigenvalue weighted by Gasteiger charge is -2.23. The molecule has 4 unspecified atom stereocenters. The van der Waals surface area contributed by atoms with E-state index in [0.29, 0.717) is 31.6 Å². The average molecular weight is 720 g/mol. The van der Waals surface area contributed by atoms with Crippen LogP contribution in [0.1, 0.15) is 48.2 Å². The quantitative estimate of drug-likeness (QED) is 0.0830. The number of carbonyl (C=O) groups is 3. The Hall–Kier alpha value is -5.87. The van der Waals surface area contributed by atoms with Crippen molar-refractivity contribution in [3.8, 4) is 34.5 Å². The van der Waals surface area contributed by atoms with Gasteiger partial charge < -0.3 is 50.7 Å². The van der Waals surface area contributed by atoms with Crippen LogP contribution < -0.4 is 10.6 Å². The molecule has 0 fully saturated rings. The fraction of sp³-hybridized carbons (Fsp3) is 0.361. The van der Waals surface area contributed by atoms with Crippen molar-refractivity contribution >= 4 is 29.2 Å². The van der Waals surface area contributed by atoms with E-state index in [1.54, 1.807) is 26.0 Å². The van der Waals surface area contributed by atoms with Gasteiger partial charge >= 0.3 is 0 Å². The maximum absolute atomic E-state index is 13.4. The Morgan fingerprint density at radius 2 is 1.33 bits per heavy atom. The Morgan fingerprint density at radius 1 is 0.750 bits per heavy atom. The Balaban J connectivity index is 1.19. The second-order valence-electron chi connectivity index (χ2n) is 12.4. The zero-order valence-electron chi connectivity index (χ0n) is 28.5. The molecule has 3 aromatic carbocycles. The first-order valence-corrected chi connectivity index (χ1v) is 16.7. The van der Waals surface area contributed by atoms with Crippen LogP contribution in [0, 0.1) is 0 Å². The van der Waals surface area contributed by atoms with Crippen molar-refractivity contribution in [1.29, 1.82) is 0 Å². The molecular formula is C36H41N5O11. The van der Waals surface area contributed by atoms with Gasteiger partial charge in [-0.25, -0.2) is 9.98 Å². The van der Waals surface area contributed by atoms with E-state index in [2.05, 4.69) is 20.6 Å². The number of aliphatic imine (C=N–C) groups is 2. The molecule has 0 saturated carbocycles. The van der Waals surface area contributed by atoms with Crippen LogP contribution in [0.4, 0.5) is 0 Å². The van der Waals surface area contributed by atoms with Crippen LogP contribution in [-0.4, -0.2) is 122 Å². The summed E-state index contributed by atoms with van der Waals surface area (Å²) in [7, 11) is 0. The highest BCUT2D eigenvalue weighted by atomic mass is 16.5. The number of nitrogens with one attached hydrogen (secondary N) is 2. The van der Waals surface area contributed by atoms with Crippen molar-refractivity contribution in [1.82, 2.24) is 15.5 Å². The van der Waals surface area contributed by atoms with Crippen molar-refractivity contribution in [3.05, 3.63) is 71.3 Å². The molecular weight excluding hydrogens is 678 g/mol. The number of Topliss-reactive ketones (excluding diaryl/α,β-unsaturated/α-hetero) is 1. The van der Waals surface area contributed by atoms with Gasteiger partial charge in [-0.1, -0.05) is 18.2 Å². The van der Waals surface area contributed by atoms with Crippen LogP contribution >= 0.6 is 0 Å². The monoisotopic (exact) mass is 719 g/mol. The number of para-hydroxylation sites is 3. The minimum atomic E-state index is -1.16. The van der Waals surface area contributed by atoms with Crippen LogP contribution in [0.2, 0.25) is 0 Å². The first-order chi connectivity index (χ1) is 24.8. The van der Waals surface area contributed by atoms with Gasteiger partial charge in [-0.3, -0.25) is 19.3 Å². The lowest BCUT2D eigenvalue weighted by molar-refractivity contribution is -0.131. The molecule has 16 heteroatoms. The van der Waals surface area contributed by atoms with E-state index in [0.717, 1.165) is 0 Å². The van der Waals surface area contributed by atoms with Gasteiger partial charge in [0.05, 0.1) is 23.4 Å². The van der Waals surface area contributed by atoms with Crippen molar-refractivity contribution in [2.24, 2.45) is 9.98 Å². The zero-order valence-corrected chi connectivity index (χ0v) is 28.5. The maximum Gasteiger partial charge on any atom is 0.255 e. The number of hydrogen-bond acceptors (Lipinski definition) is 14. The molecule has 0 bridgehead atoms. The van der Waals surface area contributed by atoms with Crippen molar-refractivity contribution in [2.75, 3.05) is 32.7 Å². The third-order valence-corrected chi connectivity index (χ3v) is 8.58. The normalized spacial score (nSPS) is 19.5. The molecule has 276 valence electrons. The topological polar surface area (TPSA) is 243 Å². The minimum Gasteiger partial charge on any atom is -0.504 e.